The maximum atomic E-state index is 5.86. The summed E-state index contributed by atoms with van der Waals surface area (Å²) in [5, 5.41) is 3.48. The largest absolute Gasteiger partial charge is 0.497 e. The molecule has 0 atom stereocenters. The number of methoxy groups -OCH3 is 1. The normalized spacial score (nSPS) is 14.1. The molecule has 1 aliphatic carbocycles. The number of nitrogens with one attached hydrogen (secondary N) is 1. The molecule has 0 unspecified atom stereocenters. The summed E-state index contributed by atoms with van der Waals surface area (Å²) in [4.78, 5) is 4.32. The molecule has 0 bridgehead atoms. The third-order valence-electron chi connectivity index (χ3n) is 3.28. The molecule has 20 heavy (non-hydrogen) atoms. The van der Waals surface area contributed by atoms with Gasteiger partial charge >= 0.3 is 0 Å². The van der Waals surface area contributed by atoms with Crippen LogP contribution in [0.5, 0.6) is 17.4 Å². The summed E-state index contributed by atoms with van der Waals surface area (Å²) < 4.78 is 11.0. The quantitative estimate of drug-likeness (QED) is 0.875. The average Bonchev–Trinajstić information content (AvgIpc) is 3.31. The number of ether oxygens (including phenoxy) is 2. The van der Waals surface area contributed by atoms with Crippen molar-refractivity contribution in [3.63, 3.8) is 0 Å². The Labute approximate surface area is 118 Å². The Morgan fingerprint density at radius 2 is 1.90 bits per heavy atom. The maximum absolute atomic E-state index is 5.86. The van der Waals surface area contributed by atoms with Gasteiger partial charge < -0.3 is 14.8 Å². The molecule has 2 aromatic rings. The number of hydrogen-bond acceptors (Lipinski definition) is 4. The fraction of sp³-hybridized carbons (Fsp3) is 0.312. The third kappa shape index (κ3) is 3.27. The molecule has 0 radical (unpaired) electrons. The van der Waals surface area contributed by atoms with Crippen molar-refractivity contribution in [3.8, 4) is 17.4 Å². The molecule has 4 heteroatoms. The van der Waals surface area contributed by atoms with Gasteiger partial charge in [-0.15, -0.1) is 0 Å². The highest BCUT2D eigenvalue weighted by atomic mass is 16.5. The molecule has 3 rings (SSSR count). The van der Waals surface area contributed by atoms with Gasteiger partial charge in [0.05, 0.1) is 7.11 Å². The first kappa shape index (κ1) is 12.9. The second-order valence-corrected chi connectivity index (χ2v) is 4.90. The highest BCUT2D eigenvalue weighted by Crippen LogP contribution is 2.26. The Morgan fingerprint density at radius 1 is 1.15 bits per heavy atom. The van der Waals surface area contributed by atoms with Gasteiger partial charge in [-0.3, -0.25) is 0 Å². The van der Waals surface area contributed by atoms with Crippen molar-refractivity contribution in [1.29, 1.82) is 0 Å². The predicted octanol–water partition coefficient (Wildman–Crippen LogP) is 3.13. The summed E-state index contributed by atoms with van der Waals surface area (Å²) in [6.45, 7) is 0.796. The molecule has 1 aromatic carbocycles. The van der Waals surface area contributed by atoms with Gasteiger partial charge in [-0.1, -0.05) is 6.07 Å². The molecule has 0 amide bonds. The van der Waals surface area contributed by atoms with Crippen LogP contribution >= 0.6 is 0 Å². The molecular formula is C16H18N2O2. The number of rotatable bonds is 6. The van der Waals surface area contributed by atoms with E-state index in [-0.39, 0.29) is 0 Å². The van der Waals surface area contributed by atoms with E-state index in [1.54, 1.807) is 13.3 Å². The van der Waals surface area contributed by atoms with Crippen molar-refractivity contribution in [2.75, 3.05) is 7.11 Å². The van der Waals surface area contributed by atoms with E-state index in [1.165, 1.54) is 12.8 Å². The van der Waals surface area contributed by atoms with Crippen LogP contribution in [-0.2, 0) is 6.54 Å². The van der Waals surface area contributed by atoms with E-state index in [9.17, 15) is 0 Å². The molecule has 1 N–H and O–H groups in total. The Morgan fingerprint density at radius 3 is 2.60 bits per heavy atom. The lowest BCUT2D eigenvalue weighted by Crippen LogP contribution is -2.16. The van der Waals surface area contributed by atoms with Crippen LogP contribution in [-0.4, -0.2) is 18.1 Å². The summed E-state index contributed by atoms with van der Waals surface area (Å²) in [5.41, 5.74) is 1.08. The molecule has 104 valence electrons. The van der Waals surface area contributed by atoms with Crippen molar-refractivity contribution in [3.05, 3.63) is 48.2 Å². The Kier molecular flexibility index (Phi) is 3.83. The average molecular weight is 270 g/mol. The summed E-state index contributed by atoms with van der Waals surface area (Å²) in [5.74, 6) is 2.23. The molecule has 1 aliphatic rings. The lowest BCUT2D eigenvalue weighted by molar-refractivity contribution is 0.411. The monoisotopic (exact) mass is 270 g/mol. The van der Waals surface area contributed by atoms with Crippen molar-refractivity contribution in [2.24, 2.45) is 0 Å². The molecule has 1 heterocycles. The second-order valence-electron chi connectivity index (χ2n) is 4.90. The van der Waals surface area contributed by atoms with E-state index in [0.717, 1.165) is 23.6 Å². The van der Waals surface area contributed by atoms with Crippen LogP contribution < -0.4 is 14.8 Å². The van der Waals surface area contributed by atoms with Gasteiger partial charge in [0, 0.05) is 24.3 Å². The van der Waals surface area contributed by atoms with Gasteiger partial charge in [-0.2, -0.15) is 0 Å². The van der Waals surface area contributed by atoms with Crippen LogP contribution in [0.15, 0.2) is 42.6 Å². The second kappa shape index (κ2) is 5.92. The zero-order valence-electron chi connectivity index (χ0n) is 11.5. The van der Waals surface area contributed by atoms with Crippen LogP contribution in [0.25, 0.3) is 0 Å². The smallest absolute Gasteiger partial charge is 0.223 e. The number of pyridine rings is 1. The maximum Gasteiger partial charge on any atom is 0.223 e. The lowest BCUT2D eigenvalue weighted by Gasteiger charge is -2.10. The minimum atomic E-state index is 0.658. The van der Waals surface area contributed by atoms with Gasteiger partial charge in [-0.05, 0) is 43.2 Å². The van der Waals surface area contributed by atoms with E-state index in [2.05, 4.69) is 10.3 Å². The molecule has 0 saturated heterocycles. The molecule has 1 aromatic heterocycles. The minimum absolute atomic E-state index is 0.658. The van der Waals surface area contributed by atoms with Gasteiger partial charge in [0.25, 0.3) is 0 Å². The van der Waals surface area contributed by atoms with Crippen molar-refractivity contribution < 1.29 is 9.47 Å². The Hall–Kier alpha value is -2.07. The predicted molar refractivity (Wildman–Crippen MR) is 77.2 cm³/mol. The Bertz CT molecular complexity index is 565. The molecular weight excluding hydrogens is 252 g/mol. The first-order valence-electron chi connectivity index (χ1n) is 6.84. The van der Waals surface area contributed by atoms with Crippen LogP contribution in [0.1, 0.15) is 18.4 Å². The van der Waals surface area contributed by atoms with Crippen LogP contribution in [0, 0.1) is 0 Å². The number of benzene rings is 1. The van der Waals surface area contributed by atoms with Crippen LogP contribution in [0.3, 0.4) is 0 Å². The first-order chi connectivity index (χ1) is 9.85. The molecule has 1 saturated carbocycles. The van der Waals surface area contributed by atoms with Gasteiger partial charge in [0.2, 0.25) is 5.88 Å². The highest BCUT2D eigenvalue weighted by Gasteiger charge is 2.20. The highest BCUT2D eigenvalue weighted by molar-refractivity contribution is 5.35. The summed E-state index contributed by atoms with van der Waals surface area (Å²) >= 11 is 0. The third-order valence-corrected chi connectivity index (χ3v) is 3.28. The topological polar surface area (TPSA) is 43.4 Å². The van der Waals surface area contributed by atoms with Gasteiger partial charge in [0.1, 0.15) is 11.5 Å². The van der Waals surface area contributed by atoms with E-state index < -0.39 is 0 Å². The Balaban J connectivity index is 1.71. The number of hydrogen-bond donors (Lipinski definition) is 1. The fourth-order valence-corrected chi connectivity index (χ4v) is 1.95. The van der Waals surface area contributed by atoms with Crippen LogP contribution in [0.2, 0.25) is 0 Å². The molecule has 1 fully saturated rings. The molecule has 4 nitrogen and oxygen atoms in total. The van der Waals surface area contributed by atoms with Gasteiger partial charge in [0.15, 0.2) is 0 Å². The van der Waals surface area contributed by atoms with E-state index in [1.807, 2.05) is 36.4 Å². The molecule has 0 aliphatic heterocycles. The van der Waals surface area contributed by atoms with Crippen LogP contribution in [0.4, 0.5) is 0 Å². The summed E-state index contributed by atoms with van der Waals surface area (Å²) in [7, 11) is 1.65. The number of aromatic nitrogens is 1. The van der Waals surface area contributed by atoms with Crippen molar-refractivity contribution in [1.82, 2.24) is 10.3 Å². The van der Waals surface area contributed by atoms with E-state index in [0.29, 0.717) is 11.9 Å². The minimum Gasteiger partial charge on any atom is -0.497 e. The van der Waals surface area contributed by atoms with Gasteiger partial charge in [-0.25, -0.2) is 4.98 Å². The standard InChI is InChI=1S/C16H18N2O2/c1-19-14-6-8-15(9-7-14)20-16-12(3-2-10-17-16)11-18-13-4-5-13/h2-3,6-10,13,18H,4-5,11H2,1H3. The summed E-state index contributed by atoms with van der Waals surface area (Å²) in [6, 6.07) is 12.2. The lowest BCUT2D eigenvalue weighted by atomic mass is 10.2. The SMILES string of the molecule is COc1ccc(Oc2ncccc2CNC2CC2)cc1. The zero-order valence-corrected chi connectivity index (χ0v) is 11.5. The number of nitrogens with zero attached hydrogens (tertiary/aromatic N) is 1. The summed E-state index contributed by atoms with van der Waals surface area (Å²) in [6.07, 6.45) is 4.29. The van der Waals surface area contributed by atoms with E-state index >= 15 is 0 Å². The van der Waals surface area contributed by atoms with E-state index in [4.69, 9.17) is 9.47 Å². The first-order valence-corrected chi connectivity index (χ1v) is 6.84. The van der Waals surface area contributed by atoms with Crippen molar-refractivity contribution >= 4 is 0 Å². The fourth-order valence-electron chi connectivity index (χ4n) is 1.95. The van der Waals surface area contributed by atoms with Crippen molar-refractivity contribution in [2.45, 2.75) is 25.4 Å². The molecule has 0 spiro atoms. The zero-order chi connectivity index (χ0) is 13.8.